The lowest BCUT2D eigenvalue weighted by atomic mass is 9.93. The van der Waals surface area contributed by atoms with Gasteiger partial charge in [-0.25, -0.2) is 0 Å². The highest BCUT2D eigenvalue weighted by Crippen LogP contribution is 2.29. The van der Waals surface area contributed by atoms with Crippen LogP contribution in [0, 0.1) is 11.8 Å². The van der Waals surface area contributed by atoms with Crippen LogP contribution < -0.4 is 21.3 Å². The molecule has 5 N–H and O–H groups in total. The monoisotopic (exact) mass is 721 g/mol. The fraction of sp³-hybridized carbons (Fsp3) is 0.600. The number of ether oxygens (including phenoxy) is 2. The van der Waals surface area contributed by atoms with Crippen molar-refractivity contribution in [3.8, 4) is 0 Å². The summed E-state index contributed by atoms with van der Waals surface area (Å²) >= 11 is 0. The number of nitrogens with zero attached hydrogens (tertiary/aromatic N) is 1. The predicted octanol–water partition coefficient (Wildman–Crippen LogP) is 2.38. The Morgan fingerprint density at radius 3 is 1.94 bits per heavy atom. The van der Waals surface area contributed by atoms with Gasteiger partial charge in [0.1, 0.15) is 17.9 Å². The number of carbonyl (C=O) groups is 4. The Hall–Kier alpha value is -3.68. The number of rotatable bonds is 21. The van der Waals surface area contributed by atoms with Gasteiger partial charge in [0.25, 0.3) is 0 Å². The van der Waals surface area contributed by atoms with Crippen LogP contribution in [-0.2, 0) is 41.5 Å². The Labute approximate surface area is 308 Å². The first kappa shape index (κ1) is 41.1. The Kier molecular flexibility index (Phi) is 15.8. The van der Waals surface area contributed by atoms with Crippen molar-refractivity contribution in [2.24, 2.45) is 11.8 Å². The molecule has 4 unspecified atom stereocenters. The largest absolute Gasteiger partial charge is 0.379 e. The molecule has 2 aliphatic rings. The first-order valence-corrected chi connectivity index (χ1v) is 18.7. The van der Waals surface area contributed by atoms with E-state index in [2.05, 4.69) is 21.3 Å². The second-order valence-electron chi connectivity index (χ2n) is 15.2. The number of benzene rings is 2. The topological polar surface area (TPSA) is 162 Å². The van der Waals surface area contributed by atoms with E-state index in [0.717, 1.165) is 11.1 Å². The molecule has 2 aliphatic heterocycles. The molecule has 12 heteroatoms. The van der Waals surface area contributed by atoms with Crippen LogP contribution in [-0.4, -0.2) is 109 Å². The first-order chi connectivity index (χ1) is 24.8. The van der Waals surface area contributed by atoms with E-state index in [-0.39, 0.29) is 36.5 Å². The van der Waals surface area contributed by atoms with Gasteiger partial charge in [-0.05, 0) is 62.0 Å². The first-order valence-electron chi connectivity index (χ1n) is 18.7. The second-order valence-corrected chi connectivity index (χ2v) is 15.2. The minimum atomic E-state index is -1.33. The van der Waals surface area contributed by atoms with E-state index in [1.807, 2.05) is 93.3 Å². The molecule has 2 saturated heterocycles. The minimum Gasteiger partial charge on any atom is -0.379 e. The van der Waals surface area contributed by atoms with Crippen molar-refractivity contribution < 1.29 is 33.8 Å². The van der Waals surface area contributed by atoms with Gasteiger partial charge >= 0.3 is 0 Å². The van der Waals surface area contributed by atoms with E-state index >= 15 is 0 Å². The number of aryl methyl sites for hydroxylation is 1. The second kappa shape index (κ2) is 20.0. The Morgan fingerprint density at radius 1 is 0.788 bits per heavy atom. The number of morpholine rings is 1. The minimum absolute atomic E-state index is 0.0779. The van der Waals surface area contributed by atoms with Crippen molar-refractivity contribution in [2.75, 3.05) is 39.5 Å². The van der Waals surface area contributed by atoms with Crippen molar-refractivity contribution in [1.82, 2.24) is 26.2 Å². The highest BCUT2D eigenvalue weighted by atomic mass is 16.6. The number of ketones is 1. The molecule has 12 nitrogen and oxygen atoms in total. The van der Waals surface area contributed by atoms with Crippen LogP contribution in [0.5, 0.6) is 0 Å². The molecule has 2 heterocycles. The van der Waals surface area contributed by atoms with E-state index in [9.17, 15) is 24.3 Å². The highest BCUT2D eigenvalue weighted by Gasteiger charge is 2.50. The van der Waals surface area contributed by atoms with Gasteiger partial charge in [-0.1, -0.05) is 88.4 Å². The molecule has 52 heavy (non-hydrogen) atoms. The molecular formula is C40H59N5O7. The van der Waals surface area contributed by atoms with Gasteiger partial charge in [-0.2, -0.15) is 0 Å². The molecule has 0 aliphatic carbocycles. The molecule has 2 aromatic rings. The standard InChI is InChI=1S/C40H59N5O7/c1-27(2)22-32(36(47)40(5)26-52-40)42-39(50)34(24-30-14-10-7-11-15-30)44-38(49)33(23-28(3)4)43-37(48)31(17-16-29-12-8-6-9-13-29)41-35(46)25-45-18-20-51-21-19-45/h6-15,27-28,31-34,38,44,49H,16-26H2,1-5H3,(H,41,46)(H,42,50)(H,43,48)/t31?,32?,33-,34?,38?,40+/m0/s1. The maximum Gasteiger partial charge on any atom is 0.242 e. The van der Waals surface area contributed by atoms with Crippen LogP contribution in [0.3, 0.4) is 0 Å². The molecule has 2 aromatic carbocycles. The van der Waals surface area contributed by atoms with Crippen molar-refractivity contribution in [3.05, 3.63) is 71.8 Å². The number of aliphatic hydroxyl groups is 1. The normalized spacial score (nSPS) is 20.4. The third kappa shape index (κ3) is 13.4. The van der Waals surface area contributed by atoms with E-state index in [0.29, 0.717) is 58.6 Å². The number of hydrogen-bond acceptors (Lipinski definition) is 9. The summed E-state index contributed by atoms with van der Waals surface area (Å²) in [4.78, 5) is 56.5. The zero-order valence-corrected chi connectivity index (χ0v) is 31.4. The average molecular weight is 722 g/mol. The third-order valence-corrected chi connectivity index (χ3v) is 9.53. The summed E-state index contributed by atoms with van der Waals surface area (Å²) in [6.45, 7) is 12.5. The summed E-state index contributed by atoms with van der Waals surface area (Å²) in [6.07, 6.45) is 0.670. The van der Waals surface area contributed by atoms with Crippen molar-refractivity contribution in [1.29, 1.82) is 0 Å². The summed E-state index contributed by atoms with van der Waals surface area (Å²) < 4.78 is 10.8. The van der Waals surface area contributed by atoms with Crippen LogP contribution in [0.2, 0.25) is 0 Å². The lowest BCUT2D eigenvalue weighted by molar-refractivity contribution is -0.132. The van der Waals surface area contributed by atoms with Crippen molar-refractivity contribution in [3.63, 3.8) is 0 Å². The lowest BCUT2D eigenvalue weighted by Crippen LogP contribution is -2.61. The average Bonchev–Trinajstić information content (AvgIpc) is 3.87. The number of aliphatic hydroxyl groups excluding tert-OH is 1. The SMILES string of the molecule is CC(C)CC(NC(=O)C(Cc1ccccc1)NC(O)[C@H](CC(C)C)NC(=O)C(CCc1ccccc1)NC(=O)CN1CCOCC1)C(=O)[C@@]1(C)CO1. The van der Waals surface area contributed by atoms with Gasteiger partial charge in [0.05, 0.1) is 44.5 Å². The molecule has 4 rings (SSSR count). The van der Waals surface area contributed by atoms with E-state index in [1.165, 1.54) is 0 Å². The zero-order valence-electron chi connectivity index (χ0n) is 31.4. The van der Waals surface area contributed by atoms with Gasteiger partial charge in [0, 0.05) is 13.1 Å². The number of carbonyl (C=O) groups excluding carboxylic acids is 4. The summed E-state index contributed by atoms with van der Waals surface area (Å²) in [5.41, 5.74) is 0.991. The van der Waals surface area contributed by atoms with Crippen LogP contribution in [0.25, 0.3) is 0 Å². The summed E-state index contributed by atoms with van der Waals surface area (Å²) in [6, 6.07) is 15.9. The van der Waals surface area contributed by atoms with E-state index in [1.54, 1.807) is 6.92 Å². The molecule has 0 bridgehead atoms. The Morgan fingerprint density at radius 2 is 1.37 bits per heavy atom. The summed E-state index contributed by atoms with van der Waals surface area (Å²) in [5, 5.41) is 23.7. The van der Waals surface area contributed by atoms with Crippen LogP contribution in [0.15, 0.2) is 60.7 Å². The van der Waals surface area contributed by atoms with Crippen LogP contribution in [0.1, 0.15) is 65.0 Å². The van der Waals surface area contributed by atoms with Gasteiger partial charge < -0.3 is 30.5 Å². The van der Waals surface area contributed by atoms with Gasteiger partial charge in [0.15, 0.2) is 5.78 Å². The number of amides is 3. The molecule has 6 atom stereocenters. The quantitative estimate of drug-likeness (QED) is 0.0964. The molecule has 2 fully saturated rings. The van der Waals surface area contributed by atoms with Crippen LogP contribution >= 0.6 is 0 Å². The molecular weight excluding hydrogens is 662 g/mol. The fourth-order valence-electron chi connectivity index (χ4n) is 6.48. The van der Waals surface area contributed by atoms with E-state index in [4.69, 9.17) is 9.47 Å². The molecule has 0 saturated carbocycles. The van der Waals surface area contributed by atoms with Gasteiger partial charge in [-0.15, -0.1) is 0 Å². The van der Waals surface area contributed by atoms with Gasteiger partial charge in [-0.3, -0.25) is 29.4 Å². The number of nitrogens with one attached hydrogen (secondary N) is 4. The third-order valence-electron chi connectivity index (χ3n) is 9.53. The number of Topliss-reactive ketones (excluding diaryl/α,β-unsaturated/α-hetero) is 1. The number of hydrogen-bond donors (Lipinski definition) is 5. The molecule has 0 radical (unpaired) electrons. The molecule has 3 amide bonds. The van der Waals surface area contributed by atoms with E-state index < -0.39 is 47.8 Å². The summed E-state index contributed by atoms with van der Waals surface area (Å²) in [5.74, 6) is -1.06. The number of epoxide rings is 1. The summed E-state index contributed by atoms with van der Waals surface area (Å²) in [7, 11) is 0. The molecule has 0 spiro atoms. The Bertz CT molecular complexity index is 1430. The predicted molar refractivity (Wildman–Crippen MR) is 199 cm³/mol. The zero-order chi connectivity index (χ0) is 37.7. The maximum atomic E-state index is 14.0. The smallest absolute Gasteiger partial charge is 0.242 e. The Balaban J connectivity index is 1.51. The fourth-order valence-corrected chi connectivity index (χ4v) is 6.48. The molecule has 0 aromatic heterocycles. The highest BCUT2D eigenvalue weighted by molar-refractivity contribution is 5.97. The van der Waals surface area contributed by atoms with Crippen molar-refractivity contribution in [2.45, 2.75) is 103 Å². The van der Waals surface area contributed by atoms with Crippen LogP contribution in [0.4, 0.5) is 0 Å². The maximum absolute atomic E-state index is 14.0. The van der Waals surface area contributed by atoms with Gasteiger partial charge in [0.2, 0.25) is 17.7 Å². The molecule has 286 valence electrons. The lowest BCUT2D eigenvalue weighted by Gasteiger charge is -2.32. The van der Waals surface area contributed by atoms with Crippen molar-refractivity contribution >= 4 is 23.5 Å².